The van der Waals surface area contributed by atoms with Crippen LogP contribution in [0.25, 0.3) is 0 Å². The molecule has 5 heteroatoms. The Balaban J connectivity index is 2.17. The van der Waals surface area contributed by atoms with E-state index in [1.165, 1.54) is 6.92 Å². The van der Waals surface area contributed by atoms with Gasteiger partial charge in [0.25, 0.3) is 5.79 Å². The smallest absolute Gasteiger partial charge is 0.282 e. The molecule has 1 aliphatic rings. The maximum absolute atomic E-state index is 11.7. The Morgan fingerprint density at radius 1 is 1.47 bits per heavy atom. The molecule has 1 unspecified atom stereocenters. The third-order valence-corrected chi connectivity index (χ3v) is 2.67. The van der Waals surface area contributed by atoms with Crippen molar-refractivity contribution in [1.82, 2.24) is 5.32 Å². The summed E-state index contributed by atoms with van der Waals surface area (Å²) < 4.78 is 11.2. The second-order valence-corrected chi connectivity index (χ2v) is 4.01. The molecule has 2 rings (SSSR count). The Morgan fingerprint density at radius 2 is 2.18 bits per heavy atom. The molecular formula is C12H16N2O3. The van der Waals surface area contributed by atoms with Gasteiger partial charge in [-0.25, -0.2) is 0 Å². The number of nitrogen functional groups attached to an aromatic ring is 1. The van der Waals surface area contributed by atoms with Crippen molar-refractivity contribution in [3.8, 4) is 5.75 Å². The van der Waals surface area contributed by atoms with Gasteiger partial charge in [-0.05, 0) is 24.3 Å². The van der Waals surface area contributed by atoms with Crippen LogP contribution in [0.3, 0.4) is 0 Å². The van der Waals surface area contributed by atoms with Gasteiger partial charge in [0, 0.05) is 19.2 Å². The van der Waals surface area contributed by atoms with Gasteiger partial charge in [-0.1, -0.05) is 0 Å². The largest absolute Gasteiger partial charge is 0.454 e. The van der Waals surface area contributed by atoms with Gasteiger partial charge in [0.15, 0.2) is 0 Å². The SMILES string of the molecule is CC(=O)C1(Oc2ccc(N)cc2)CNCCO1. The van der Waals surface area contributed by atoms with Crippen molar-refractivity contribution >= 4 is 11.5 Å². The normalized spacial score (nSPS) is 24.3. The zero-order chi connectivity index (χ0) is 12.3. The second-order valence-electron chi connectivity index (χ2n) is 4.01. The lowest BCUT2D eigenvalue weighted by molar-refractivity contribution is -0.198. The summed E-state index contributed by atoms with van der Waals surface area (Å²) in [6.07, 6.45) is 0. The number of Topliss-reactive ketones (excluding diaryl/α,β-unsaturated/α-hetero) is 1. The summed E-state index contributed by atoms with van der Waals surface area (Å²) in [5.74, 6) is -0.798. The first kappa shape index (κ1) is 11.9. The van der Waals surface area contributed by atoms with Gasteiger partial charge in [0.1, 0.15) is 5.75 Å². The minimum absolute atomic E-state index is 0.151. The topological polar surface area (TPSA) is 73.6 Å². The highest BCUT2D eigenvalue weighted by atomic mass is 16.7. The van der Waals surface area contributed by atoms with Crippen molar-refractivity contribution in [3.63, 3.8) is 0 Å². The zero-order valence-corrected chi connectivity index (χ0v) is 9.73. The van der Waals surface area contributed by atoms with Gasteiger partial charge >= 0.3 is 0 Å². The zero-order valence-electron chi connectivity index (χ0n) is 9.73. The van der Waals surface area contributed by atoms with Crippen molar-refractivity contribution in [2.75, 3.05) is 25.4 Å². The molecule has 1 fully saturated rings. The summed E-state index contributed by atoms with van der Waals surface area (Å²) in [5, 5.41) is 3.09. The summed E-state index contributed by atoms with van der Waals surface area (Å²) in [6, 6.07) is 6.88. The first-order valence-corrected chi connectivity index (χ1v) is 5.53. The Bertz CT molecular complexity index is 397. The first-order chi connectivity index (χ1) is 8.12. The second kappa shape index (κ2) is 4.73. The van der Waals surface area contributed by atoms with E-state index in [0.29, 0.717) is 24.6 Å². The summed E-state index contributed by atoms with van der Waals surface area (Å²) in [6.45, 7) is 2.99. The Kier molecular flexibility index (Phi) is 3.31. The van der Waals surface area contributed by atoms with E-state index < -0.39 is 5.79 Å². The minimum Gasteiger partial charge on any atom is -0.454 e. The number of hydrogen-bond acceptors (Lipinski definition) is 5. The maximum Gasteiger partial charge on any atom is 0.282 e. The highest BCUT2D eigenvalue weighted by molar-refractivity contribution is 5.84. The van der Waals surface area contributed by atoms with Gasteiger partial charge in [-0.2, -0.15) is 0 Å². The van der Waals surface area contributed by atoms with E-state index in [0.717, 1.165) is 6.54 Å². The van der Waals surface area contributed by atoms with Crippen LogP contribution in [0.2, 0.25) is 0 Å². The molecule has 0 aromatic heterocycles. The molecule has 1 heterocycles. The number of anilines is 1. The lowest BCUT2D eigenvalue weighted by atomic mass is 10.1. The van der Waals surface area contributed by atoms with Crippen LogP contribution < -0.4 is 15.8 Å². The average molecular weight is 236 g/mol. The molecule has 1 aliphatic heterocycles. The number of nitrogens with one attached hydrogen (secondary N) is 1. The fourth-order valence-corrected chi connectivity index (χ4v) is 1.68. The fraction of sp³-hybridized carbons (Fsp3) is 0.417. The van der Waals surface area contributed by atoms with E-state index >= 15 is 0 Å². The molecule has 92 valence electrons. The molecule has 0 spiro atoms. The molecule has 0 bridgehead atoms. The average Bonchev–Trinajstić information content (AvgIpc) is 2.33. The van der Waals surface area contributed by atoms with Gasteiger partial charge in [-0.3, -0.25) is 4.79 Å². The number of morpholine rings is 1. The number of carbonyl (C=O) groups excluding carboxylic acids is 1. The van der Waals surface area contributed by atoms with Crippen LogP contribution in [-0.2, 0) is 9.53 Å². The standard InChI is InChI=1S/C12H16N2O3/c1-9(15)12(8-14-6-7-16-12)17-11-4-2-10(13)3-5-11/h2-5,14H,6-8,13H2,1H3. The molecular weight excluding hydrogens is 220 g/mol. The number of carbonyl (C=O) groups is 1. The third kappa shape index (κ3) is 2.57. The molecule has 1 saturated heterocycles. The Hall–Kier alpha value is -1.59. The molecule has 1 atom stereocenters. The number of nitrogens with two attached hydrogens (primary N) is 1. The number of hydrogen-bond donors (Lipinski definition) is 2. The van der Waals surface area contributed by atoms with E-state index in [4.69, 9.17) is 15.2 Å². The number of ketones is 1. The molecule has 0 aliphatic carbocycles. The maximum atomic E-state index is 11.7. The van der Waals surface area contributed by atoms with Crippen LogP contribution >= 0.6 is 0 Å². The lowest BCUT2D eigenvalue weighted by Gasteiger charge is -2.35. The summed E-state index contributed by atoms with van der Waals surface area (Å²) in [4.78, 5) is 11.7. The quantitative estimate of drug-likeness (QED) is 0.750. The Morgan fingerprint density at radius 3 is 2.71 bits per heavy atom. The molecule has 0 amide bonds. The summed E-state index contributed by atoms with van der Waals surface area (Å²) >= 11 is 0. The first-order valence-electron chi connectivity index (χ1n) is 5.53. The predicted octanol–water partition coefficient (Wildman–Crippen LogP) is 0.553. The van der Waals surface area contributed by atoms with Gasteiger partial charge in [0.05, 0.1) is 13.2 Å². The van der Waals surface area contributed by atoms with Crippen LogP contribution in [0.1, 0.15) is 6.92 Å². The van der Waals surface area contributed by atoms with E-state index in [9.17, 15) is 4.79 Å². The molecule has 0 radical (unpaired) electrons. The van der Waals surface area contributed by atoms with Crippen molar-refractivity contribution in [2.24, 2.45) is 0 Å². The van der Waals surface area contributed by atoms with Crippen LogP contribution in [0.5, 0.6) is 5.75 Å². The van der Waals surface area contributed by atoms with Crippen molar-refractivity contribution in [2.45, 2.75) is 12.7 Å². The summed E-state index contributed by atoms with van der Waals surface area (Å²) in [7, 11) is 0. The van der Waals surface area contributed by atoms with Crippen molar-refractivity contribution in [3.05, 3.63) is 24.3 Å². The molecule has 5 nitrogen and oxygen atoms in total. The van der Waals surface area contributed by atoms with Gasteiger partial charge in [0.2, 0.25) is 5.78 Å². The van der Waals surface area contributed by atoms with E-state index in [2.05, 4.69) is 5.32 Å². The van der Waals surface area contributed by atoms with Crippen molar-refractivity contribution in [1.29, 1.82) is 0 Å². The Labute approximate surface area is 99.9 Å². The fourth-order valence-electron chi connectivity index (χ4n) is 1.68. The molecule has 1 aromatic rings. The monoisotopic (exact) mass is 236 g/mol. The predicted molar refractivity (Wildman–Crippen MR) is 63.7 cm³/mol. The van der Waals surface area contributed by atoms with Crippen LogP contribution in [0.15, 0.2) is 24.3 Å². The molecule has 1 aromatic carbocycles. The molecule has 0 saturated carbocycles. The van der Waals surface area contributed by atoms with Gasteiger partial charge < -0.3 is 20.5 Å². The lowest BCUT2D eigenvalue weighted by Crippen LogP contribution is -2.58. The van der Waals surface area contributed by atoms with Crippen LogP contribution in [-0.4, -0.2) is 31.3 Å². The van der Waals surface area contributed by atoms with Crippen molar-refractivity contribution < 1.29 is 14.3 Å². The van der Waals surface area contributed by atoms with E-state index in [-0.39, 0.29) is 5.78 Å². The molecule has 17 heavy (non-hydrogen) atoms. The highest BCUT2D eigenvalue weighted by Crippen LogP contribution is 2.23. The number of ether oxygens (including phenoxy) is 2. The van der Waals surface area contributed by atoms with Crippen LogP contribution in [0.4, 0.5) is 5.69 Å². The third-order valence-electron chi connectivity index (χ3n) is 2.67. The van der Waals surface area contributed by atoms with E-state index in [1.807, 2.05) is 0 Å². The van der Waals surface area contributed by atoms with E-state index in [1.54, 1.807) is 24.3 Å². The molecule has 3 N–H and O–H groups in total. The number of benzene rings is 1. The summed E-state index contributed by atoms with van der Waals surface area (Å²) in [5.41, 5.74) is 6.24. The minimum atomic E-state index is -1.21. The number of rotatable bonds is 3. The highest BCUT2D eigenvalue weighted by Gasteiger charge is 2.41. The van der Waals surface area contributed by atoms with Crippen LogP contribution in [0, 0.1) is 0 Å². The van der Waals surface area contributed by atoms with Gasteiger partial charge in [-0.15, -0.1) is 0 Å².